The third-order valence-corrected chi connectivity index (χ3v) is 4.06. The van der Waals surface area contributed by atoms with Crippen molar-refractivity contribution in [3.8, 4) is 0 Å². The first-order valence-electron chi connectivity index (χ1n) is 5.36. The topological polar surface area (TPSA) is 46.2 Å². The molecule has 0 aromatic rings. The van der Waals surface area contributed by atoms with Gasteiger partial charge in [0.05, 0.1) is 5.75 Å². The molecule has 0 bridgehead atoms. The molecule has 5 heteroatoms. The van der Waals surface area contributed by atoms with E-state index >= 15 is 0 Å². The zero-order valence-electron chi connectivity index (χ0n) is 10.1. The molecule has 0 spiro atoms. The molecule has 0 aliphatic rings. The highest BCUT2D eigenvalue weighted by Crippen LogP contribution is 2.04. The fraction of sp³-hybridized carbons (Fsp3) is 1.00. The van der Waals surface area contributed by atoms with Crippen LogP contribution in [0.5, 0.6) is 0 Å². The Bertz CT molecular complexity index is 252. The average molecular weight is 253 g/mol. The monoisotopic (exact) mass is 253 g/mol. The highest BCUT2D eigenvalue weighted by atomic mass is 32.2. The van der Waals surface area contributed by atoms with Gasteiger partial charge in [0, 0.05) is 18.3 Å². The maximum absolute atomic E-state index is 11.0. The van der Waals surface area contributed by atoms with Crippen molar-refractivity contribution in [2.24, 2.45) is 0 Å². The largest absolute Gasteiger partial charge is 0.311 e. The van der Waals surface area contributed by atoms with Gasteiger partial charge < -0.3 is 5.32 Å². The van der Waals surface area contributed by atoms with Gasteiger partial charge in [0.15, 0.2) is 0 Å². The molecule has 3 nitrogen and oxygen atoms in total. The molecule has 15 heavy (non-hydrogen) atoms. The normalized spacial score (nSPS) is 16.3. The molecule has 0 saturated carbocycles. The molecule has 1 N–H and O–H groups in total. The third kappa shape index (κ3) is 10.5. The van der Waals surface area contributed by atoms with Crippen LogP contribution in [0.1, 0.15) is 27.2 Å². The average Bonchev–Trinajstić information content (AvgIpc) is 2.00. The summed E-state index contributed by atoms with van der Waals surface area (Å²) in [7, 11) is -2.86. The molecule has 0 aromatic heterocycles. The van der Waals surface area contributed by atoms with Crippen LogP contribution in [0.2, 0.25) is 0 Å². The predicted molar refractivity (Wildman–Crippen MR) is 69.4 cm³/mol. The molecule has 0 saturated heterocycles. The van der Waals surface area contributed by atoms with Gasteiger partial charge >= 0.3 is 0 Å². The highest BCUT2D eigenvalue weighted by Gasteiger charge is 2.12. The number of hydrogen-bond acceptors (Lipinski definition) is 4. The first-order chi connectivity index (χ1) is 6.85. The second-order valence-corrected chi connectivity index (χ2v) is 7.63. The molecule has 0 heterocycles. The maximum atomic E-state index is 11.0. The van der Waals surface area contributed by atoms with E-state index in [1.54, 1.807) is 0 Å². The summed E-state index contributed by atoms with van der Waals surface area (Å²) in [5.41, 5.74) is 0. The third-order valence-electron chi connectivity index (χ3n) is 2.02. The van der Waals surface area contributed by atoms with Gasteiger partial charge in [-0.05, 0) is 31.8 Å². The van der Waals surface area contributed by atoms with Gasteiger partial charge in [0.2, 0.25) is 0 Å². The number of nitrogens with one attached hydrogen (secondary N) is 1. The molecule has 0 fully saturated rings. The minimum atomic E-state index is -2.86. The van der Waals surface area contributed by atoms with Crippen LogP contribution >= 0.6 is 11.8 Å². The van der Waals surface area contributed by atoms with E-state index in [9.17, 15) is 8.42 Å². The molecule has 2 unspecified atom stereocenters. The maximum Gasteiger partial charge on any atom is 0.148 e. The SMILES string of the molecule is CCSCCC(C)NC(C)CS(C)(=O)=O. The van der Waals surface area contributed by atoms with Crippen molar-refractivity contribution in [3.05, 3.63) is 0 Å². The van der Waals surface area contributed by atoms with Crippen LogP contribution in [0.4, 0.5) is 0 Å². The Morgan fingerprint density at radius 3 is 2.33 bits per heavy atom. The molecule has 0 aliphatic heterocycles. The number of sulfone groups is 1. The van der Waals surface area contributed by atoms with Crippen LogP contribution in [0.25, 0.3) is 0 Å². The van der Waals surface area contributed by atoms with Crippen molar-refractivity contribution in [1.82, 2.24) is 5.32 Å². The van der Waals surface area contributed by atoms with Crippen LogP contribution in [0.3, 0.4) is 0 Å². The van der Waals surface area contributed by atoms with E-state index < -0.39 is 9.84 Å². The van der Waals surface area contributed by atoms with Crippen molar-refractivity contribution < 1.29 is 8.42 Å². The summed E-state index contributed by atoms with van der Waals surface area (Å²) in [5.74, 6) is 2.50. The number of hydrogen-bond donors (Lipinski definition) is 1. The Kier molecular flexibility index (Phi) is 7.65. The lowest BCUT2D eigenvalue weighted by Crippen LogP contribution is -2.39. The van der Waals surface area contributed by atoms with E-state index in [1.165, 1.54) is 6.26 Å². The smallest absolute Gasteiger partial charge is 0.148 e. The molecule has 0 rings (SSSR count). The highest BCUT2D eigenvalue weighted by molar-refractivity contribution is 7.99. The van der Waals surface area contributed by atoms with Crippen molar-refractivity contribution in [2.45, 2.75) is 39.3 Å². The summed E-state index contributed by atoms with van der Waals surface area (Å²) < 4.78 is 22.1. The van der Waals surface area contributed by atoms with Gasteiger partial charge in [-0.25, -0.2) is 8.42 Å². The summed E-state index contributed by atoms with van der Waals surface area (Å²) in [6.07, 6.45) is 2.37. The number of rotatable bonds is 8. The standard InChI is InChI=1S/C10H23NO2S2/c1-5-14-7-6-9(2)11-10(3)8-15(4,12)13/h9-11H,5-8H2,1-4H3. The van der Waals surface area contributed by atoms with Crippen molar-refractivity contribution >= 4 is 21.6 Å². The molecule has 0 radical (unpaired) electrons. The van der Waals surface area contributed by atoms with Gasteiger partial charge in [-0.15, -0.1) is 0 Å². The van der Waals surface area contributed by atoms with Gasteiger partial charge in [0.25, 0.3) is 0 Å². The van der Waals surface area contributed by atoms with Crippen molar-refractivity contribution in [3.63, 3.8) is 0 Å². The summed E-state index contributed by atoms with van der Waals surface area (Å²) in [4.78, 5) is 0. The van der Waals surface area contributed by atoms with E-state index in [0.717, 1.165) is 17.9 Å². The minimum Gasteiger partial charge on any atom is -0.311 e. The summed E-state index contributed by atoms with van der Waals surface area (Å²) in [5, 5.41) is 3.30. The lowest BCUT2D eigenvalue weighted by Gasteiger charge is -2.19. The van der Waals surface area contributed by atoms with E-state index in [4.69, 9.17) is 0 Å². The molecule has 0 amide bonds. The molecule has 92 valence electrons. The van der Waals surface area contributed by atoms with Crippen LogP contribution in [-0.2, 0) is 9.84 Å². The van der Waals surface area contributed by atoms with Gasteiger partial charge in [-0.2, -0.15) is 11.8 Å². The molecule has 0 aromatic carbocycles. The van der Waals surface area contributed by atoms with Gasteiger partial charge in [-0.1, -0.05) is 6.92 Å². The Hall–Kier alpha value is 0.260. The minimum absolute atomic E-state index is 0.0432. The fourth-order valence-electron chi connectivity index (χ4n) is 1.48. The van der Waals surface area contributed by atoms with Crippen LogP contribution in [0.15, 0.2) is 0 Å². The summed E-state index contributed by atoms with van der Waals surface area (Å²) >= 11 is 1.92. The molecule has 0 aliphatic carbocycles. The van der Waals surface area contributed by atoms with E-state index in [2.05, 4.69) is 19.2 Å². The molecular weight excluding hydrogens is 230 g/mol. The van der Waals surface area contributed by atoms with Crippen LogP contribution in [-0.4, -0.2) is 44.0 Å². The fourth-order valence-corrected chi connectivity index (χ4v) is 3.29. The van der Waals surface area contributed by atoms with Gasteiger partial charge in [0.1, 0.15) is 9.84 Å². The number of thioether (sulfide) groups is 1. The molecule has 2 atom stereocenters. The quantitative estimate of drug-likeness (QED) is 0.667. The first-order valence-corrected chi connectivity index (χ1v) is 8.58. The second-order valence-electron chi connectivity index (χ2n) is 4.05. The molecular formula is C10H23NO2S2. The Balaban J connectivity index is 3.71. The lowest BCUT2D eigenvalue weighted by atomic mass is 10.2. The Morgan fingerprint density at radius 1 is 1.27 bits per heavy atom. The zero-order valence-corrected chi connectivity index (χ0v) is 11.7. The first kappa shape index (κ1) is 15.3. The summed E-state index contributed by atoms with van der Waals surface area (Å²) in [6.45, 7) is 6.18. The Morgan fingerprint density at radius 2 is 1.87 bits per heavy atom. The predicted octanol–water partition coefficient (Wildman–Crippen LogP) is 1.54. The second kappa shape index (κ2) is 7.52. The van der Waals surface area contributed by atoms with E-state index in [-0.39, 0.29) is 11.8 Å². The van der Waals surface area contributed by atoms with Gasteiger partial charge in [-0.3, -0.25) is 0 Å². The van der Waals surface area contributed by atoms with E-state index in [1.807, 2.05) is 18.7 Å². The lowest BCUT2D eigenvalue weighted by molar-refractivity contribution is 0.479. The van der Waals surface area contributed by atoms with Crippen molar-refractivity contribution in [1.29, 1.82) is 0 Å². The van der Waals surface area contributed by atoms with Crippen LogP contribution < -0.4 is 5.32 Å². The zero-order chi connectivity index (χ0) is 11.9. The van der Waals surface area contributed by atoms with E-state index in [0.29, 0.717) is 6.04 Å². The van der Waals surface area contributed by atoms with Crippen LogP contribution in [0, 0.1) is 0 Å². The van der Waals surface area contributed by atoms with Crippen molar-refractivity contribution in [2.75, 3.05) is 23.5 Å². The summed E-state index contributed by atoms with van der Waals surface area (Å²) in [6, 6.07) is 0.433. The Labute approximate surface area is 98.3 Å².